The highest BCUT2D eigenvalue weighted by molar-refractivity contribution is 6.34. The van der Waals surface area contributed by atoms with Gasteiger partial charge < -0.3 is 30.5 Å². The minimum atomic E-state index is -4.70. The first kappa shape index (κ1) is 34.4. The average molecular weight is 679 g/mol. The van der Waals surface area contributed by atoms with E-state index in [1.165, 1.54) is 24.4 Å². The van der Waals surface area contributed by atoms with Crippen molar-refractivity contribution in [1.82, 2.24) is 35.3 Å². The van der Waals surface area contributed by atoms with Gasteiger partial charge in [-0.15, -0.1) is 0 Å². The van der Waals surface area contributed by atoms with Gasteiger partial charge in [0.25, 0.3) is 11.8 Å². The standard InChI is InChI=1S/C31H38ClF3N8O4/c1-30(2,47)8-5-24-22(25(41-40-24)31(33,34)35)15-20-17-37-26(38-20)27(44)39-19-3-4-21(23(32)16-19)29(46)43-13-11-42(12-14-43)28(45)18-6-9-36-10-7-18/h3-4,16-18,36,47H,5-15H2,1-2H3,(H,37,38)(H,39,44)(H,40,41). The van der Waals surface area contributed by atoms with Crippen molar-refractivity contribution < 1.29 is 32.7 Å². The number of aryl methyl sites for hydroxylation is 1. The molecule has 3 amide bonds. The second-order valence-electron chi connectivity index (χ2n) is 12.6. The first-order chi connectivity index (χ1) is 22.2. The highest BCUT2D eigenvalue weighted by Gasteiger charge is 2.38. The number of H-pyrrole nitrogens is 2. The number of hydrogen-bond donors (Lipinski definition) is 5. The largest absolute Gasteiger partial charge is 0.435 e. The van der Waals surface area contributed by atoms with Gasteiger partial charge in [-0.05, 0) is 70.8 Å². The van der Waals surface area contributed by atoms with E-state index in [4.69, 9.17) is 11.6 Å². The van der Waals surface area contributed by atoms with Crippen LogP contribution in [0.3, 0.4) is 0 Å². The molecule has 2 aliphatic rings. The van der Waals surface area contributed by atoms with Gasteiger partial charge in [0, 0.05) is 67.4 Å². The number of hydrogen-bond acceptors (Lipinski definition) is 7. The van der Waals surface area contributed by atoms with Crippen LogP contribution < -0.4 is 10.6 Å². The van der Waals surface area contributed by atoms with Crippen molar-refractivity contribution in [3.8, 4) is 0 Å². The normalized spacial score (nSPS) is 16.4. The number of amides is 3. The number of piperazine rings is 1. The first-order valence-corrected chi connectivity index (χ1v) is 15.9. The van der Waals surface area contributed by atoms with Gasteiger partial charge in [-0.3, -0.25) is 19.5 Å². The number of nitrogens with one attached hydrogen (secondary N) is 4. The number of piperidine rings is 1. The predicted molar refractivity (Wildman–Crippen MR) is 167 cm³/mol. The average Bonchev–Trinajstić information content (AvgIpc) is 3.67. The van der Waals surface area contributed by atoms with Gasteiger partial charge in [0.2, 0.25) is 5.91 Å². The monoisotopic (exact) mass is 678 g/mol. The van der Waals surface area contributed by atoms with Crippen molar-refractivity contribution in [2.75, 3.05) is 44.6 Å². The molecule has 2 aliphatic heterocycles. The fraction of sp³-hybridized carbons (Fsp3) is 0.516. The Kier molecular flexibility index (Phi) is 10.3. The van der Waals surface area contributed by atoms with Crippen LogP contribution in [0.25, 0.3) is 0 Å². The number of imidazole rings is 1. The fourth-order valence-electron chi connectivity index (χ4n) is 5.80. The van der Waals surface area contributed by atoms with E-state index < -0.39 is 23.4 Å². The Hall–Kier alpha value is -3.95. The third-order valence-corrected chi connectivity index (χ3v) is 8.76. The van der Waals surface area contributed by atoms with E-state index in [9.17, 15) is 32.7 Å². The van der Waals surface area contributed by atoms with E-state index >= 15 is 0 Å². The molecule has 2 aromatic heterocycles. The molecule has 5 N–H and O–H groups in total. The summed E-state index contributed by atoms with van der Waals surface area (Å²) in [6, 6.07) is 4.46. The number of aromatic nitrogens is 4. The minimum absolute atomic E-state index is 0.0187. The molecular weight excluding hydrogens is 641 g/mol. The number of benzene rings is 1. The number of rotatable bonds is 9. The summed E-state index contributed by atoms with van der Waals surface area (Å²) in [5, 5.41) is 22.0. The summed E-state index contributed by atoms with van der Waals surface area (Å²) in [4.78, 5) is 49.3. The number of aliphatic hydroxyl groups is 1. The number of anilines is 1. The Morgan fingerprint density at radius 2 is 1.77 bits per heavy atom. The summed E-state index contributed by atoms with van der Waals surface area (Å²) >= 11 is 6.45. The maximum atomic E-state index is 13.7. The highest BCUT2D eigenvalue weighted by Crippen LogP contribution is 2.33. The number of nitrogens with zero attached hydrogens (tertiary/aromatic N) is 4. The van der Waals surface area contributed by atoms with Crippen molar-refractivity contribution in [3.63, 3.8) is 0 Å². The maximum absolute atomic E-state index is 13.7. The van der Waals surface area contributed by atoms with Gasteiger partial charge in [0.05, 0.1) is 16.2 Å². The van der Waals surface area contributed by atoms with Gasteiger partial charge in [0.1, 0.15) is 0 Å². The number of halogens is 4. The van der Waals surface area contributed by atoms with Crippen LogP contribution in [0.15, 0.2) is 24.4 Å². The molecule has 0 radical (unpaired) electrons. The molecule has 5 rings (SSSR count). The first-order valence-electron chi connectivity index (χ1n) is 15.5. The van der Waals surface area contributed by atoms with Crippen molar-refractivity contribution in [3.05, 3.63) is 63.5 Å². The highest BCUT2D eigenvalue weighted by atomic mass is 35.5. The second-order valence-corrected chi connectivity index (χ2v) is 13.0. The summed E-state index contributed by atoms with van der Waals surface area (Å²) in [7, 11) is 0. The molecule has 12 nitrogen and oxygen atoms in total. The van der Waals surface area contributed by atoms with E-state index in [1.54, 1.807) is 18.7 Å². The molecule has 0 atom stereocenters. The van der Waals surface area contributed by atoms with Crippen LogP contribution >= 0.6 is 11.6 Å². The molecule has 0 unspecified atom stereocenters. The van der Waals surface area contributed by atoms with Crippen LogP contribution in [-0.4, -0.2) is 97.7 Å². The lowest BCUT2D eigenvalue weighted by molar-refractivity contribution is -0.141. The Morgan fingerprint density at radius 3 is 2.40 bits per heavy atom. The summed E-state index contributed by atoms with van der Waals surface area (Å²) < 4.78 is 41.0. The quantitative estimate of drug-likeness (QED) is 0.231. The third-order valence-electron chi connectivity index (χ3n) is 8.44. The lowest BCUT2D eigenvalue weighted by Gasteiger charge is -2.37. The van der Waals surface area contributed by atoms with Crippen LogP contribution in [0.1, 0.15) is 76.7 Å². The van der Waals surface area contributed by atoms with Crippen molar-refractivity contribution in [2.45, 2.75) is 57.7 Å². The zero-order chi connectivity index (χ0) is 33.9. The zero-order valence-electron chi connectivity index (χ0n) is 26.1. The smallest absolute Gasteiger partial charge is 0.390 e. The molecule has 3 aromatic rings. The molecule has 254 valence electrons. The Bertz CT molecular complexity index is 1600. The summed E-state index contributed by atoms with van der Waals surface area (Å²) in [6.45, 7) is 6.46. The molecule has 4 heterocycles. The second kappa shape index (κ2) is 14.0. The van der Waals surface area contributed by atoms with E-state index in [1.807, 2.05) is 4.90 Å². The fourth-order valence-corrected chi connectivity index (χ4v) is 6.06. The molecule has 2 saturated heterocycles. The van der Waals surface area contributed by atoms with Crippen LogP contribution in [0.2, 0.25) is 5.02 Å². The molecule has 2 fully saturated rings. The van der Waals surface area contributed by atoms with E-state index in [-0.39, 0.29) is 76.0 Å². The lowest BCUT2D eigenvalue weighted by Crippen LogP contribution is -2.52. The van der Waals surface area contributed by atoms with Crippen LogP contribution in [-0.2, 0) is 23.8 Å². The van der Waals surface area contributed by atoms with Gasteiger partial charge in [-0.1, -0.05) is 11.6 Å². The number of aromatic amines is 2. The summed E-state index contributed by atoms with van der Waals surface area (Å²) in [5.41, 5.74) is -1.23. The molecular formula is C31H38ClF3N8O4. The Morgan fingerprint density at radius 1 is 1.09 bits per heavy atom. The molecule has 0 aliphatic carbocycles. The van der Waals surface area contributed by atoms with Crippen molar-refractivity contribution >= 4 is 35.0 Å². The topological polar surface area (TPSA) is 159 Å². The van der Waals surface area contributed by atoms with Crippen LogP contribution in [0.5, 0.6) is 0 Å². The van der Waals surface area contributed by atoms with Crippen LogP contribution in [0, 0.1) is 5.92 Å². The van der Waals surface area contributed by atoms with E-state index in [0.717, 1.165) is 25.9 Å². The Labute approximate surface area is 274 Å². The molecule has 16 heteroatoms. The van der Waals surface area contributed by atoms with Gasteiger partial charge >= 0.3 is 6.18 Å². The van der Waals surface area contributed by atoms with E-state index in [2.05, 4.69) is 30.8 Å². The number of alkyl halides is 3. The van der Waals surface area contributed by atoms with Gasteiger partial charge in [0.15, 0.2) is 11.5 Å². The lowest BCUT2D eigenvalue weighted by atomic mass is 9.96. The summed E-state index contributed by atoms with van der Waals surface area (Å²) in [6.07, 6.45) is -1.68. The Balaban J connectivity index is 1.19. The maximum Gasteiger partial charge on any atom is 0.435 e. The molecule has 0 bridgehead atoms. The van der Waals surface area contributed by atoms with Gasteiger partial charge in [-0.2, -0.15) is 18.3 Å². The van der Waals surface area contributed by atoms with Crippen molar-refractivity contribution in [2.24, 2.45) is 5.92 Å². The number of carbonyl (C=O) groups excluding carboxylic acids is 3. The molecule has 0 spiro atoms. The number of carbonyl (C=O) groups is 3. The molecule has 47 heavy (non-hydrogen) atoms. The van der Waals surface area contributed by atoms with Crippen LogP contribution in [0.4, 0.5) is 18.9 Å². The van der Waals surface area contributed by atoms with Crippen molar-refractivity contribution in [1.29, 1.82) is 0 Å². The van der Waals surface area contributed by atoms with Gasteiger partial charge in [-0.25, -0.2) is 4.98 Å². The third kappa shape index (κ3) is 8.51. The SMILES string of the molecule is CC(C)(O)CCc1[nH]nc(C(F)(F)F)c1Cc1cnc(C(=O)Nc2ccc(C(=O)N3CCN(C(=O)C4CCNCC4)CC3)c(Cl)c2)[nH]1. The molecule has 1 aromatic carbocycles. The van der Waals surface area contributed by atoms with E-state index in [0.29, 0.717) is 26.2 Å². The molecule has 0 saturated carbocycles. The minimum Gasteiger partial charge on any atom is -0.390 e. The predicted octanol–water partition coefficient (Wildman–Crippen LogP) is 3.64. The summed E-state index contributed by atoms with van der Waals surface area (Å²) in [5.74, 6) is -0.920. The zero-order valence-corrected chi connectivity index (χ0v) is 26.9.